The first kappa shape index (κ1) is 12.7. The highest BCUT2D eigenvalue weighted by Gasteiger charge is 2.46. The zero-order chi connectivity index (χ0) is 12.8. The Labute approximate surface area is 119 Å². The summed E-state index contributed by atoms with van der Waals surface area (Å²) >= 11 is 0. The van der Waals surface area contributed by atoms with Crippen LogP contribution in [0.5, 0.6) is 0 Å². The van der Waals surface area contributed by atoms with Gasteiger partial charge in [0, 0.05) is 0 Å². The lowest BCUT2D eigenvalue weighted by Gasteiger charge is -2.31. The number of hydrogen-bond acceptors (Lipinski definition) is 0. The molecule has 0 saturated heterocycles. The van der Waals surface area contributed by atoms with Gasteiger partial charge in [0.25, 0.3) is 0 Å². The van der Waals surface area contributed by atoms with Crippen LogP contribution >= 0.6 is 0 Å². The molecule has 0 heteroatoms. The number of rotatable bonds is 2. The van der Waals surface area contributed by atoms with Crippen LogP contribution in [0.3, 0.4) is 0 Å². The van der Waals surface area contributed by atoms with Crippen molar-refractivity contribution in [1.29, 1.82) is 0 Å². The molecule has 4 aliphatic rings. The predicted molar refractivity (Wildman–Crippen MR) is 80.9 cm³/mol. The van der Waals surface area contributed by atoms with Gasteiger partial charge in [-0.3, -0.25) is 0 Å². The van der Waals surface area contributed by atoms with Crippen molar-refractivity contribution in [3.05, 3.63) is 0 Å². The van der Waals surface area contributed by atoms with Crippen molar-refractivity contribution in [2.45, 2.75) is 77.6 Å². The first-order chi connectivity index (χ1) is 9.33. The second kappa shape index (κ2) is 5.08. The van der Waals surface area contributed by atoms with E-state index in [0.29, 0.717) is 0 Å². The van der Waals surface area contributed by atoms with Crippen LogP contribution in [-0.2, 0) is 0 Å². The lowest BCUT2D eigenvalue weighted by Crippen LogP contribution is -2.23. The summed E-state index contributed by atoms with van der Waals surface area (Å²) in [6, 6.07) is 0. The second-order valence-corrected chi connectivity index (χ2v) is 8.48. The van der Waals surface area contributed by atoms with E-state index in [1.54, 1.807) is 57.8 Å². The van der Waals surface area contributed by atoms with Gasteiger partial charge in [-0.1, -0.05) is 32.6 Å². The first-order valence-electron chi connectivity index (χ1n) is 9.33. The van der Waals surface area contributed by atoms with E-state index in [9.17, 15) is 0 Å². The third-order valence-electron chi connectivity index (χ3n) is 7.62. The average Bonchev–Trinajstić information content (AvgIpc) is 2.99. The molecule has 4 aliphatic carbocycles. The van der Waals surface area contributed by atoms with Crippen LogP contribution in [0.25, 0.3) is 0 Å². The molecular formula is C19H32. The molecule has 4 rings (SSSR count). The molecule has 2 bridgehead atoms. The highest BCUT2D eigenvalue weighted by molar-refractivity contribution is 4.96. The third kappa shape index (κ3) is 2.38. The van der Waals surface area contributed by atoms with E-state index in [0.717, 1.165) is 41.4 Å². The Morgan fingerprint density at radius 3 is 1.79 bits per heavy atom. The Morgan fingerprint density at radius 1 is 0.526 bits per heavy atom. The molecule has 108 valence electrons. The zero-order valence-electron chi connectivity index (χ0n) is 12.8. The van der Waals surface area contributed by atoms with Crippen molar-refractivity contribution in [3.8, 4) is 0 Å². The van der Waals surface area contributed by atoms with Crippen LogP contribution in [0.15, 0.2) is 0 Å². The minimum absolute atomic E-state index is 1.06. The summed E-state index contributed by atoms with van der Waals surface area (Å²) in [6.07, 6.45) is 17.4. The van der Waals surface area contributed by atoms with E-state index in [4.69, 9.17) is 0 Å². The van der Waals surface area contributed by atoms with Crippen molar-refractivity contribution >= 4 is 0 Å². The Hall–Kier alpha value is 0. The topological polar surface area (TPSA) is 0 Å². The van der Waals surface area contributed by atoms with Crippen LogP contribution in [0.1, 0.15) is 77.6 Å². The van der Waals surface area contributed by atoms with Crippen LogP contribution in [-0.4, -0.2) is 0 Å². The maximum absolute atomic E-state index is 2.61. The van der Waals surface area contributed by atoms with E-state index < -0.39 is 0 Å². The maximum Gasteiger partial charge on any atom is -0.0352 e. The molecular weight excluding hydrogens is 228 g/mol. The lowest BCUT2D eigenvalue weighted by molar-refractivity contribution is 0.185. The first-order valence-corrected chi connectivity index (χ1v) is 9.33. The summed E-state index contributed by atoms with van der Waals surface area (Å²) in [4.78, 5) is 0. The molecule has 5 atom stereocenters. The number of fused-ring (bicyclic) bond motifs is 2. The highest BCUT2D eigenvalue weighted by atomic mass is 14.5. The van der Waals surface area contributed by atoms with Gasteiger partial charge < -0.3 is 0 Å². The second-order valence-electron chi connectivity index (χ2n) is 8.48. The van der Waals surface area contributed by atoms with E-state index in [1.807, 2.05) is 0 Å². The zero-order valence-corrected chi connectivity index (χ0v) is 12.8. The summed E-state index contributed by atoms with van der Waals surface area (Å²) in [7, 11) is 0. The molecule has 4 fully saturated rings. The summed E-state index contributed by atoms with van der Waals surface area (Å²) < 4.78 is 0. The molecule has 4 saturated carbocycles. The van der Waals surface area contributed by atoms with Gasteiger partial charge in [-0.05, 0) is 86.4 Å². The van der Waals surface area contributed by atoms with Crippen molar-refractivity contribution in [3.63, 3.8) is 0 Å². The van der Waals surface area contributed by atoms with Crippen molar-refractivity contribution in [1.82, 2.24) is 0 Å². The fourth-order valence-corrected chi connectivity index (χ4v) is 6.28. The largest absolute Gasteiger partial charge is 0.0620 e. The standard InChI is InChI=1S/C19H32/c1-13-17-9-8-15(14-6-7-14)10-11-18(13)19(12-17)16-4-2-3-5-16/h13-19H,2-12H2,1H3. The van der Waals surface area contributed by atoms with Gasteiger partial charge in [-0.2, -0.15) is 0 Å². The maximum atomic E-state index is 2.61. The van der Waals surface area contributed by atoms with Crippen LogP contribution in [0.2, 0.25) is 0 Å². The molecule has 0 nitrogen and oxygen atoms in total. The fourth-order valence-electron chi connectivity index (χ4n) is 6.28. The SMILES string of the molecule is CC1C2CCC(C3CC3)CCC1C(C1CCCC1)C2. The molecule has 0 radical (unpaired) electrons. The third-order valence-corrected chi connectivity index (χ3v) is 7.62. The molecule has 5 unspecified atom stereocenters. The quantitative estimate of drug-likeness (QED) is 0.600. The van der Waals surface area contributed by atoms with Gasteiger partial charge in [-0.25, -0.2) is 0 Å². The van der Waals surface area contributed by atoms with Gasteiger partial charge in [0.05, 0.1) is 0 Å². The van der Waals surface area contributed by atoms with Gasteiger partial charge in [-0.15, -0.1) is 0 Å². The summed E-state index contributed by atoms with van der Waals surface area (Å²) in [5.74, 6) is 7.87. The summed E-state index contributed by atoms with van der Waals surface area (Å²) in [5.41, 5.74) is 0. The molecule has 0 heterocycles. The van der Waals surface area contributed by atoms with E-state index in [2.05, 4.69) is 6.92 Å². The molecule has 0 amide bonds. The van der Waals surface area contributed by atoms with Gasteiger partial charge >= 0.3 is 0 Å². The lowest BCUT2D eigenvalue weighted by atomic mass is 9.74. The van der Waals surface area contributed by atoms with Gasteiger partial charge in [0.2, 0.25) is 0 Å². The summed E-state index contributed by atoms with van der Waals surface area (Å²) in [6.45, 7) is 2.61. The van der Waals surface area contributed by atoms with E-state index in [1.165, 1.54) is 12.8 Å². The Kier molecular flexibility index (Phi) is 3.40. The molecule has 0 spiro atoms. The van der Waals surface area contributed by atoms with Crippen molar-refractivity contribution in [2.75, 3.05) is 0 Å². The van der Waals surface area contributed by atoms with Crippen LogP contribution < -0.4 is 0 Å². The summed E-state index contributed by atoms with van der Waals surface area (Å²) in [5, 5.41) is 0. The molecule has 0 aromatic heterocycles. The molecule has 0 N–H and O–H groups in total. The minimum atomic E-state index is 1.06. The van der Waals surface area contributed by atoms with Crippen molar-refractivity contribution in [2.24, 2.45) is 41.4 Å². The van der Waals surface area contributed by atoms with Crippen LogP contribution in [0.4, 0.5) is 0 Å². The van der Waals surface area contributed by atoms with E-state index >= 15 is 0 Å². The molecule has 0 aliphatic heterocycles. The van der Waals surface area contributed by atoms with Gasteiger partial charge in [0.15, 0.2) is 0 Å². The van der Waals surface area contributed by atoms with Gasteiger partial charge in [0.1, 0.15) is 0 Å². The van der Waals surface area contributed by atoms with E-state index in [-0.39, 0.29) is 0 Å². The Bertz CT molecular complexity index is 310. The Morgan fingerprint density at radius 2 is 1.11 bits per heavy atom. The average molecular weight is 260 g/mol. The molecule has 19 heavy (non-hydrogen) atoms. The number of hydrogen-bond donors (Lipinski definition) is 0. The predicted octanol–water partition coefficient (Wildman–Crippen LogP) is 5.67. The fraction of sp³-hybridized carbons (Fsp3) is 1.00. The van der Waals surface area contributed by atoms with Crippen molar-refractivity contribution < 1.29 is 0 Å². The molecule has 0 aromatic rings. The highest BCUT2D eigenvalue weighted by Crippen LogP contribution is 2.55. The minimum Gasteiger partial charge on any atom is -0.0620 e. The molecule has 0 aromatic carbocycles. The Balaban J connectivity index is 1.47. The normalized spacial score (nSPS) is 48.2. The monoisotopic (exact) mass is 260 g/mol. The van der Waals surface area contributed by atoms with Crippen LogP contribution in [0, 0.1) is 41.4 Å². The smallest absolute Gasteiger partial charge is 0.0352 e.